The Hall–Kier alpha value is -2.15. The highest BCUT2D eigenvalue weighted by Gasteiger charge is 2.30. The summed E-state index contributed by atoms with van der Waals surface area (Å²) in [6.45, 7) is 7.61. The minimum atomic E-state index is 0.291. The number of fused-ring (bicyclic) bond motifs is 2. The van der Waals surface area contributed by atoms with Crippen LogP contribution in [0.4, 0.5) is 5.69 Å². The van der Waals surface area contributed by atoms with Gasteiger partial charge >= 0.3 is 0 Å². The third-order valence-corrected chi connectivity index (χ3v) is 6.67. The summed E-state index contributed by atoms with van der Waals surface area (Å²) in [5.41, 5.74) is 5.42. The molecule has 1 fully saturated rings. The number of morpholine rings is 1. The lowest BCUT2D eigenvalue weighted by Crippen LogP contribution is -2.46. The zero-order valence-electron chi connectivity index (χ0n) is 18.0. The quantitative estimate of drug-likeness (QED) is 0.840. The summed E-state index contributed by atoms with van der Waals surface area (Å²) in [5, 5.41) is 3.77. The molecule has 5 rings (SSSR count). The van der Waals surface area contributed by atoms with Crippen molar-refractivity contribution in [3.63, 3.8) is 0 Å². The van der Waals surface area contributed by atoms with Crippen LogP contribution in [0.15, 0.2) is 36.5 Å². The van der Waals surface area contributed by atoms with Gasteiger partial charge in [0.05, 0.1) is 31.1 Å². The molecule has 1 aromatic heterocycles. The Morgan fingerprint density at radius 3 is 3.07 bits per heavy atom. The van der Waals surface area contributed by atoms with Gasteiger partial charge in [0.25, 0.3) is 0 Å². The number of rotatable bonds is 4. The molecular formula is C24H32N4O2. The van der Waals surface area contributed by atoms with Gasteiger partial charge in [-0.25, -0.2) is 0 Å². The van der Waals surface area contributed by atoms with E-state index in [0.29, 0.717) is 18.2 Å². The lowest BCUT2D eigenvalue weighted by Gasteiger charge is -2.38. The Morgan fingerprint density at radius 2 is 2.17 bits per heavy atom. The van der Waals surface area contributed by atoms with Gasteiger partial charge in [0.1, 0.15) is 5.75 Å². The second-order valence-corrected chi connectivity index (χ2v) is 8.80. The van der Waals surface area contributed by atoms with Crippen molar-refractivity contribution in [1.82, 2.24) is 15.2 Å². The standard InChI is InChI=1S/C24H32N4O2/c1-17-15-28(10-12-29-17)21-6-3-5-18-14-26-19(13-20(18)21)16-27(2)22-8-11-30-23-7-4-9-25-24(22)23/h3-7,9,17,19,22,26H,8,10-16H2,1-2H3/t17-,19-,22?/m1/s1. The molecule has 1 aromatic carbocycles. The van der Waals surface area contributed by atoms with Crippen LogP contribution in [0.25, 0.3) is 0 Å². The molecule has 1 N–H and O–H groups in total. The molecular weight excluding hydrogens is 376 g/mol. The van der Waals surface area contributed by atoms with E-state index in [1.165, 1.54) is 16.8 Å². The van der Waals surface area contributed by atoms with E-state index in [9.17, 15) is 0 Å². The maximum absolute atomic E-state index is 5.81. The molecule has 3 atom stereocenters. The first-order valence-corrected chi connectivity index (χ1v) is 11.2. The minimum Gasteiger partial charge on any atom is -0.492 e. The van der Waals surface area contributed by atoms with E-state index in [2.05, 4.69) is 52.3 Å². The van der Waals surface area contributed by atoms with E-state index in [0.717, 1.165) is 63.7 Å². The van der Waals surface area contributed by atoms with Crippen molar-refractivity contribution in [3.8, 4) is 5.75 Å². The Labute approximate surface area is 179 Å². The molecule has 3 aliphatic heterocycles. The van der Waals surface area contributed by atoms with Gasteiger partial charge in [-0.2, -0.15) is 0 Å². The Balaban J connectivity index is 1.31. The Kier molecular flexibility index (Phi) is 5.63. The monoisotopic (exact) mass is 408 g/mol. The maximum atomic E-state index is 5.81. The van der Waals surface area contributed by atoms with Crippen molar-refractivity contribution >= 4 is 5.69 Å². The van der Waals surface area contributed by atoms with Gasteiger partial charge in [0.2, 0.25) is 0 Å². The average molecular weight is 409 g/mol. The van der Waals surface area contributed by atoms with Crippen LogP contribution in [0, 0.1) is 0 Å². The number of aromatic nitrogens is 1. The molecule has 1 saturated heterocycles. The summed E-state index contributed by atoms with van der Waals surface area (Å²) in [7, 11) is 2.22. The predicted molar refractivity (Wildman–Crippen MR) is 118 cm³/mol. The van der Waals surface area contributed by atoms with E-state index in [-0.39, 0.29) is 0 Å². The van der Waals surface area contributed by atoms with Gasteiger partial charge in [-0.3, -0.25) is 9.88 Å². The normalized spacial score (nSPS) is 26.1. The number of likely N-dealkylation sites (N-methyl/N-ethyl adjacent to an activating group) is 1. The molecule has 1 unspecified atom stereocenters. The summed E-state index contributed by atoms with van der Waals surface area (Å²) in [6, 6.07) is 11.5. The minimum absolute atomic E-state index is 0.291. The number of hydrogen-bond acceptors (Lipinski definition) is 6. The van der Waals surface area contributed by atoms with Crippen molar-refractivity contribution in [3.05, 3.63) is 53.3 Å². The molecule has 0 aliphatic carbocycles. The number of hydrogen-bond donors (Lipinski definition) is 1. The first-order valence-electron chi connectivity index (χ1n) is 11.2. The van der Waals surface area contributed by atoms with Crippen molar-refractivity contribution in [2.24, 2.45) is 0 Å². The predicted octanol–water partition coefficient (Wildman–Crippen LogP) is 2.78. The van der Waals surface area contributed by atoms with Crippen LogP contribution in [-0.4, -0.2) is 61.9 Å². The van der Waals surface area contributed by atoms with Crippen molar-refractivity contribution in [2.45, 2.75) is 44.5 Å². The number of anilines is 1. The van der Waals surface area contributed by atoms with Gasteiger partial charge in [-0.1, -0.05) is 12.1 Å². The zero-order valence-corrected chi connectivity index (χ0v) is 18.0. The first kappa shape index (κ1) is 19.8. The summed E-state index contributed by atoms with van der Waals surface area (Å²) >= 11 is 0. The van der Waals surface area contributed by atoms with E-state index in [1.54, 1.807) is 0 Å². The van der Waals surface area contributed by atoms with Gasteiger partial charge in [0, 0.05) is 50.5 Å². The van der Waals surface area contributed by atoms with Crippen LogP contribution in [0.2, 0.25) is 0 Å². The topological polar surface area (TPSA) is 49.9 Å². The second kappa shape index (κ2) is 8.53. The van der Waals surface area contributed by atoms with Crippen molar-refractivity contribution in [1.29, 1.82) is 0 Å². The maximum Gasteiger partial charge on any atom is 0.142 e. The van der Waals surface area contributed by atoms with Gasteiger partial charge in [-0.15, -0.1) is 0 Å². The molecule has 30 heavy (non-hydrogen) atoms. The molecule has 0 saturated carbocycles. The molecule has 6 heteroatoms. The molecule has 3 aliphatic rings. The van der Waals surface area contributed by atoms with E-state index in [1.807, 2.05) is 18.3 Å². The third-order valence-electron chi connectivity index (χ3n) is 6.67. The molecule has 2 aromatic rings. The fourth-order valence-corrected chi connectivity index (χ4v) is 5.15. The largest absolute Gasteiger partial charge is 0.492 e. The third kappa shape index (κ3) is 3.92. The highest BCUT2D eigenvalue weighted by molar-refractivity contribution is 5.58. The van der Waals surface area contributed by atoms with Crippen molar-refractivity contribution in [2.75, 3.05) is 44.8 Å². The first-order chi connectivity index (χ1) is 14.7. The summed E-state index contributed by atoms with van der Waals surface area (Å²) in [6.07, 6.45) is 4.21. The van der Waals surface area contributed by atoms with Crippen LogP contribution in [-0.2, 0) is 17.7 Å². The van der Waals surface area contributed by atoms with Crippen LogP contribution >= 0.6 is 0 Å². The fourth-order valence-electron chi connectivity index (χ4n) is 5.15. The molecule has 6 nitrogen and oxygen atoms in total. The number of nitrogens with one attached hydrogen (secondary N) is 1. The zero-order chi connectivity index (χ0) is 20.5. The summed E-state index contributed by atoms with van der Waals surface area (Å²) < 4.78 is 11.6. The van der Waals surface area contributed by atoms with Gasteiger partial charge < -0.3 is 19.7 Å². The summed E-state index contributed by atoms with van der Waals surface area (Å²) in [4.78, 5) is 9.59. The average Bonchev–Trinajstić information content (AvgIpc) is 2.78. The highest BCUT2D eigenvalue weighted by Crippen LogP contribution is 2.34. The summed E-state index contributed by atoms with van der Waals surface area (Å²) in [5.74, 6) is 0.936. The smallest absolute Gasteiger partial charge is 0.142 e. The lowest BCUT2D eigenvalue weighted by atomic mass is 9.92. The van der Waals surface area contributed by atoms with Crippen LogP contribution in [0.5, 0.6) is 5.75 Å². The van der Waals surface area contributed by atoms with E-state index >= 15 is 0 Å². The number of pyridine rings is 1. The highest BCUT2D eigenvalue weighted by atomic mass is 16.5. The molecule has 0 spiro atoms. The van der Waals surface area contributed by atoms with Gasteiger partial charge in [0.15, 0.2) is 0 Å². The molecule has 0 radical (unpaired) electrons. The van der Waals surface area contributed by atoms with Crippen LogP contribution in [0.3, 0.4) is 0 Å². The van der Waals surface area contributed by atoms with E-state index < -0.39 is 0 Å². The van der Waals surface area contributed by atoms with Gasteiger partial charge in [-0.05, 0) is 49.7 Å². The number of nitrogens with zero attached hydrogens (tertiary/aromatic N) is 3. The Bertz CT molecular complexity index is 889. The van der Waals surface area contributed by atoms with Crippen LogP contribution in [0.1, 0.15) is 36.2 Å². The van der Waals surface area contributed by atoms with Crippen molar-refractivity contribution < 1.29 is 9.47 Å². The molecule has 0 bridgehead atoms. The molecule has 0 amide bonds. The fraction of sp³-hybridized carbons (Fsp3) is 0.542. The molecule has 4 heterocycles. The second-order valence-electron chi connectivity index (χ2n) is 8.80. The van der Waals surface area contributed by atoms with E-state index in [4.69, 9.17) is 9.47 Å². The Morgan fingerprint density at radius 1 is 1.23 bits per heavy atom. The SMILES string of the molecule is C[C@@H]1CN(c2cccc3c2C[C@H](CN(C)C2CCOc4cccnc42)NC3)CCO1. The number of ether oxygens (including phenoxy) is 2. The lowest BCUT2D eigenvalue weighted by molar-refractivity contribution is 0.0531. The number of benzene rings is 1. The molecule has 160 valence electrons. The van der Waals surface area contributed by atoms with Crippen LogP contribution < -0.4 is 15.0 Å².